The van der Waals surface area contributed by atoms with Crippen LogP contribution in [0.15, 0.2) is 4.99 Å². The predicted molar refractivity (Wildman–Crippen MR) is 46.9 cm³/mol. The van der Waals surface area contributed by atoms with Gasteiger partial charge >= 0.3 is 0 Å². The molecule has 0 radical (unpaired) electrons. The maximum absolute atomic E-state index is 5.39. The second kappa shape index (κ2) is 2.84. The molecule has 0 aromatic carbocycles. The molecule has 0 fully saturated rings. The Balaban J connectivity index is 2.59. The van der Waals surface area contributed by atoms with Gasteiger partial charge in [-0.3, -0.25) is 0 Å². The summed E-state index contributed by atoms with van der Waals surface area (Å²) in [4.78, 5) is 4.47. The Hall–Kier alpha value is -0.530. The number of rotatable bonds is 1. The molecule has 2 heteroatoms. The number of nitrogens with zero attached hydrogens (tertiary/aromatic N) is 1. The normalized spacial score (nSPS) is 24.7. The Labute approximate surface area is 68.7 Å². The summed E-state index contributed by atoms with van der Waals surface area (Å²) in [7, 11) is 0. The van der Waals surface area contributed by atoms with Crippen molar-refractivity contribution in [2.24, 2.45) is 10.4 Å². The molecule has 1 heterocycles. The van der Waals surface area contributed by atoms with Gasteiger partial charge in [-0.05, 0) is 5.41 Å². The number of ether oxygens (including phenoxy) is 1. The maximum atomic E-state index is 5.39. The SMILES string of the molecule is CCC1=NC(C(C)(C)C)CO1. The van der Waals surface area contributed by atoms with Crippen LogP contribution in [-0.4, -0.2) is 18.5 Å². The van der Waals surface area contributed by atoms with E-state index in [1.807, 2.05) is 0 Å². The second-order valence-electron chi connectivity index (χ2n) is 4.07. The molecule has 0 aromatic heterocycles. The molecular formula is C9H17NO. The molecule has 1 rings (SSSR count). The maximum Gasteiger partial charge on any atom is 0.183 e. The lowest BCUT2D eigenvalue weighted by atomic mass is 9.88. The Bertz CT molecular complexity index is 167. The fourth-order valence-corrected chi connectivity index (χ4v) is 1.06. The molecule has 64 valence electrons. The Morgan fingerprint density at radius 2 is 2.18 bits per heavy atom. The average molecular weight is 155 g/mol. The monoisotopic (exact) mass is 155 g/mol. The molecule has 1 aliphatic rings. The van der Waals surface area contributed by atoms with Crippen LogP contribution in [0.25, 0.3) is 0 Å². The third-order valence-corrected chi connectivity index (χ3v) is 2.01. The van der Waals surface area contributed by atoms with E-state index < -0.39 is 0 Å². The highest BCUT2D eigenvalue weighted by Gasteiger charge is 2.29. The molecular weight excluding hydrogens is 138 g/mol. The molecule has 0 N–H and O–H groups in total. The average Bonchev–Trinajstić information content (AvgIpc) is 2.32. The van der Waals surface area contributed by atoms with Crippen LogP contribution in [0.3, 0.4) is 0 Å². The second-order valence-corrected chi connectivity index (χ2v) is 4.07. The van der Waals surface area contributed by atoms with Crippen LogP contribution in [-0.2, 0) is 4.74 Å². The van der Waals surface area contributed by atoms with E-state index in [2.05, 4.69) is 32.7 Å². The molecule has 0 amide bonds. The van der Waals surface area contributed by atoms with Gasteiger partial charge in [0.15, 0.2) is 5.90 Å². The van der Waals surface area contributed by atoms with Crippen molar-refractivity contribution >= 4 is 5.90 Å². The van der Waals surface area contributed by atoms with E-state index in [1.54, 1.807) is 0 Å². The highest BCUT2D eigenvalue weighted by Crippen LogP contribution is 2.26. The first-order chi connectivity index (χ1) is 5.04. The van der Waals surface area contributed by atoms with Gasteiger partial charge < -0.3 is 4.74 Å². The zero-order valence-electron chi connectivity index (χ0n) is 7.85. The summed E-state index contributed by atoms with van der Waals surface area (Å²) in [6.07, 6.45) is 0.923. The van der Waals surface area contributed by atoms with E-state index in [4.69, 9.17) is 4.74 Å². The van der Waals surface area contributed by atoms with Crippen molar-refractivity contribution < 1.29 is 4.74 Å². The third kappa shape index (κ3) is 1.95. The van der Waals surface area contributed by atoms with Crippen LogP contribution >= 0.6 is 0 Å². The first kappa shape index (κ1) is 8.57. The highest BCUT2D eigenvalue weighted by atomic mass is 16.5. The fraction of sp³-hybridized carbons (Fsp3) is 0.889. The van der Waals surface area contributed by atoms with Crippen molar-refractivity contribution in [3.63, 3.8) is 0 Å². The number of aliphatic imine (C=N–C) groups is 1. The molecule has 0 saturated heterocycles. The lowest BCUT2D eigenvalue weighted by Gasteiger charge is -2.21. The van der Waals surface area contributed by atoms with Gasteiger partial charge in [-0.2, -0.15) is 0 Å². The quantitative estimate of drug-likeness (QED) is 0.569. The summed E-state index contributed by atoms with van der Waals surface area (Å²) >= 11 is 0. The molecule has 1 aliphatic heterocycles. The lowest BCUT2D eigenvalue weighted by molar-refractivity contribution is 0.233. The minimum absolute atomic E-state index is 0.247. The molecule has 0 aliphatic carbocycles. The smallest absolute Gasteiger partial charge is 0.183 e. The molecule has 1 atom stereocenters. The predicted octanol–water partition coefficient (Wildman–Crippen LogP) is 2.24. The summed E-state index contributed by atoms with van der Waals surface area (Å²) in [5.74, 6) is 0.921. The topological polar surface area (TPSA) is 21.6 Å². The van der Waals surface area contributed by atoms with Crippen LogP contribution in [0.4, 0.5) is 0 Å². The van der Waals surface area contributed by atoms with E-state index in [-0.39, 0.29) is 5.41 Å². The van der Waals surface area contributed by atoms with Gasteiger partial charge in [-0.25, -0.2) is 4.99 Å². The molecule has 11 heavy (non-hydrogen) atoms. The van der Waals surface area contributed by atoms with Crippen LogP contribution in [0.2, 0.25) is 0 Å². The van der Waals surface area contributed by atoms with Crippen molar-refractivity contribution in [1.29, 1.82) is 0 Å². The minimum Gasteiger partial charge on any atom is -0.479 e. The first-order valence-electron chi connectivity index (χ1n) is 4.23. The molecule has 0 spiro atoms. The van der Waals surface area contributed by atoms with Gasteiger partial charge in [0, 0.05) is 6.42 Å². The fourth-order valence-electron chi connectivity index (χ4n) is 1.06. The van der Waals surface area contributed by atoms with Gasteiger partial charge in [-0.15, -0.1) is 0 Å². The molecule has 0 aromatic rings. The van der Waals surface area contributed by atoms with Gasteiger partial charge in [0.25, 0.3) is 0 Å². The van der Waals surface area contributed by atoms with Crippen molar-refractivity contribution in [1.82, 2.24) is 0 Å². The Kier molecular flexibility index (Phi) is 2.21. The zero-order valence-corrected chi connectivity index (χ0v) is 7.85. The minimum atomic E-state index is 0.247. The van der Waals surface area contributed by atoms with Crippen LogP contribution < -0.4 is 0 Å². The third-order valence-electron chi connectivity index (χ3n) is 2.01. The van der Waals surface area contributed by atoms with Crippen LogP contribution in [0, 0.1) is 5.41 Å². The Morgan fingerprint density at radius 1 is 1.55 bits per heavy atom. The van der Waals surface area contributed by atoms with Gasteiger partial charge in [0.05, 0.1) is 6.04 Å². The summed E-state index contributed by atoms with van der Waals surface area (Å²) in [6.45, 7) is 9.44. The standard InChI is InChI=1S/C9H17NO/c1-5-8-10-7(6-11-8)9(2,3)4/h7H,5-6H2,1-4H3. The summed E-state index contributed by atoms with van der Waals surface area (Å²) in [5.41, 5.74) is 0.247. The van der Waals surface area contributed by atoms with E-state index in [0.29, 0.717) is 6.04 Å². The summed E-state index contributed by atoms with van der Waals surface area (Å²) in [6, 6.07) is 0.359. The van der Waals surface area contributed by atoms with Gasteiger partial charge in [0.2, 0.25) is 0 Å². The first-order valence-corrected chi connectivity index (χ1v) is 4.23. The largest absolute Gasteiger partial charge is 0.479 e. The molecule has 0 bridgehead atoms. The van der Waals surface area contributed by atoms with E-state index in [0.717, 1.165) is 18.9 Å². The van der Waals surface area contributed by atoms with Crippen molar-refractivity contribution in [2.45, 2.75) is 40.2 Å². The van der Waals surface area contributed by atoms with Gasteiger partial charge in [-0.1, -0.05) is 27.7 Å². The van der Waals surface area contributed by atoms with Crippen molar-refractivity contribution in [2.75, 3.05) is 6.61 Å². The molecule has 0 saturated carbocycles. The molecule has 2 nitrogen and oxygen atoms in total. The summed E-state index contributed by atoms with van der Waals surface area (Å²) in [5, 5.41) is 0. The van der Waals surface area contributed by atoms with Crippen molar-refractivity contribution in [3.05, 3.63) is 0 Å². The van der Waals surface area contributed by atoms with Crippen LogP contribution in [0.1, 0.15) is 34.1 Å². The number of hydrogen-bond donors (Lipinski definition) is 0. The molecule has 1 unspecified atom stereocenters. The number of hydrogen-bond acceptors (Lipinski definition) is 2. The van der Waals surface area contributed by atoms with Gasteiger partial charge in [0.1, 0.15) is 6.61 Å². The summed E-state index contributed by atoms with van der Waals surface area (Å²) < 4.78 is 5.39. The van der Waals surface area contributed by atoms with Crippen molar-refractivity contribution in [3.8, 4) is 0 Å². The van der Waals surface area contributed by atoms with E-state index >= 15 is 0 Å². The highest BCUT2D eigenvalue weighted by molar-refractivity contribution is 5.77. The van der Waals surface area contributed by atoms with Crippen LogP contribution in [0.5, 0.6) is 0 Å². The van der Waals surface area contributed by atoms with E-state index in [9.17, 15) is 0 Å². The zero-order chi connectivity index (χ0) is 8.48. The Morgan fingerprint density at radius 3 is 2.45 bits per heavy atom. The lowest BCUT2D eigenvalue weighted by Crippen LogP contribution is -2.25. The van der Waals surface area contributed by atoms with E-state index in [1.165, 1.54) is 0 Å².